The lowest BCUT2D eigenvalue weighted by atomic mass is 10.1. The van der Waals surface area contributed by atoms with Gasteiger partial charge in [0, 0.05) is 21.7 Å². The van der Waals surface area contributed by atoms with Gasteiger partial charge in [0.05, 0.1) is 5.69 Å². The van der Waals surface area contributed by atoms with E-state index in [1.807, 2.05) is 92.7 Å². The number of nitriles is 1. The Morgan fingerprint density at radius 2 is 1.69 bits per heavy atom. The molecule has 0 unspecified atom stereocenters. The third-order valence-electron chi connectivity index (χ3n) is 4.23. The molecule has 0 saturated carbocycles. The lowest BCUT2D eigenvalue weighted by Crippen LogP contribution is -2.15. The number of nitrogens with one attached hydrogen (secondary N) is 2. The zero-order valence-corrected chi connectivity index (χ0v) is 17.1. The number of para-hydroxylation sites is 1. The highest BCUT2D eigenvalue weighted by molar-refractivity contribution is 7.99. The van der Waals surface area contributed by atoms with Crippen LogP contribution in [0, 0.1) is 25.2 Å². The normalized spacial score (nSPS) is 10.9. The molecule has 144 valence electrons. The molecule has 0 atom stereocenters. The summed E-state index contributed by atoms with van der Waals surface area (Å²) < 4.78 is 0. The highest BCUT2D eigenvalue weighted by Gasteiger charge is 2.11. The maximum atomic E-state index is 12.5. The predicted molar refractivity (Wildman–Crippen MR) is 119 cm³/mol. The lowest BCUT2D eigenvalue weighted by molar-refractivity contribution is -0.112. The lowest BCUT2D eigenvalue weighted by Gasteiger charge is -2.10. The van der Waals surface area contributed by atoms with Gasteiger partial charge in [0.2, 0.25) is 0 Å². The molecule has 4 nitrogen and oxygen atoms in total. The monoisotopic (exact) mass is 399 g/mol. The number of benzene rings is 3. The van der Waals surface area contributed by atoms with E-state index in [4.69, 9.17) is 0 Å². The number of rotatable bonds is 6. The molecule has 0 aliphatic rings. The van der Waals surface area contributed by atoms with E-state index in [2.05, 4.69) is 10.6 Å². The molecule has 0 bridgehead atoms. The van der Waals surface area contributed by atoms with Crippen LogP contribution in [0.5, 0.6) is 0 Å². The fourth-order valence-corrected chi connectivity index (χ4v) is 3.66. The van der Waals surface area contributed by atoms with Crippen LogP contribution in [0.4, 0.5) is 11.4 Å². The molecule has 2 N–H and O–H groups in total. The largest absolute Gasteiger partial charge is 0.359 e. The maximum absolute atomic E-state index is 12.5. The molecular formula is C24H21N3OS. The van der Waals surface area contributed by atoms with E-state index < -0.39 is 5.91 Å². The Kier molecular flexibility index (Phi) is 6.72. The van der Waals surface area contributed by atoms with Gasteiger partial charge < -0.3 is 10.6 Å². The molecule has 0 radical (unpaired) electrons. The van der Waals surface area contributed by atoms with E-state index >= 15 is 0 Å². The first-order valence-corrected chi connectivity index (χ1v) is 9.96. The quantitative estimate of drug-likeness (QED) is 0.399. The van der Waals surface area contributed by atoms with Crippen LogP contribution in [0.1, 0.15) is 11.1 Å². The van der Waals surface area contributed by atoms with E-state index in [0.29, 0.717) is 5.69 Å². The zero-order valence-electron chi connectivity index (χ0n) is 16.3. The van der Waals surface area contributed by atoms with Gasteiger partial charge in [-0.05, 0) is 49.7 Å². The molecule has 0 aliphatic heterocycles. The SMILES string of the molecule is Cc1ccc(NC(=O)/C(C#N)=C\Nc2ccccc2Sc2ccccc2)c(C)c1. The van der Waals surface area contributed by atoms with Gasteiger partial charge in [0.1, 0.15) is 11.6 Å². The van der Waals surface area contributed by atoms with E-state index in [9.17, 15) is 10.1 Å². The summed E-state index contributed by atoms with van der Waals surface area (Å²) in [7, 11) is 0. The minimum absolute atomic E-state index is 0.00416. The van der Waals surface area contributed by atoms with Crippen molar-refractivity contribution in [3.05, 3.63) is 95.7 Å². The molecular weight excluding hydrogens is 378 g/mol. The summed E-state index contributed by atoms with van der Waals surface area (Å²) in [5.41, 5.74) is 3.60. The first-order valence-electron chi connectivity index (χ1n) is 9.14. The number of carbonyl (C=O) groups excluding carboxylic acids is 1. The minimum Gasteiger partial charge on any atom is -0.359 e. The van der Waals surface area contributed by atoms with Gasteiger partial charge in [0.25, 0.3) is 5.91 Å². The Morgan fingerprint density at radius 3 is 2.41 bits per heavy atom. The smallest absolute Gasteiger partial charge is 0.267 e. The summed E-state index contributed by atoms with van der Waals surface area (Å²) in [6, 6.07) is 25.5. The zero-order chi connectivity index (χ0) is 20.6. The van der Waals surface area contributed by atoms with Gasteiger partial charge in [-0.15, -0.1) is 0 Å². The molecule has 5 heteroatoms. The van der Waals surface area contributed by atoms with Gasteiger partial charge >= 0.3 is 0 Å². The first-order chi connectivity index (χ1) is 14.1. The van der Waals surface area contributed by atoms with Crippen molar-refractivity contribution in [3.63, 3.8) is 0 Å². The van der Waals surface area contributed by atoms with Gasteiger partial charge in [0.15, 0.2) is 0 Å². The average molecular weight is 400 g/mol. The van der Waals surface area contributed by atoms with Crippen LogP contribution in [0.25, 0.3) is 0 Å². The van der Waals surface area contributed by atoms with Gasteiger partial charge in [-0.3, -0.25) is 4.79 Å². The van der Waals surface area contributed by atoms with Crippen molar-refractivity contribution in [2.24, 2.45) is 0 Å². The number of aryl methyl sites for hydroxylation is 2. The molecule has 3 aromatic rings. The summed E-state index contributed by atoms with van der Waals surface area (Å²) in [4.78, 5) is 14.6. The molecule has 3 aromatic carbocycles. The summed E-state index contributed by atoms with van der Waals surface area (Å²) in [6.45, 7) is 3.92. The van der Waals surface area contributed by atoms with Crippen LogP contribution in [0.15, 0.2) is 94.4 Å². The van der Waals surface area contributed by atoms with Crippen molar-refractivity contribution in [2.75, 3.05) is 10.6 Å². The number of hydrogen-bond donors (Lipinski definition) is 2. The third-order valence-corrected chi connectivity index (χ3v) is 5.31. The second-order valence-electron chi connectivity index (χ2n) is 6.50. The Bertz CT molecular complexity index is 1080. The summed E-state index contributed by atoms with van der Waals surface area (Å²) in [5.74, 6) is -0.444. The second-order valence-corrected chi connectivity index (χ2v) is 7.61. The van der Waals surface area contributed by atoms with Crippen molar-refractivity contribution in [1.82, 2.24) is 0 Å². The fourth-order valence-electron chi connectivity index (χ4n) is 2.73. The summed E-state index contributed by atoms with van der Waals surface area (Å²) in [5, 5.41) is 15.4. The van der Waals surface area contributed by atoms with Crippen molar-refractivity contribution in [1.29, 1.82) is 5.26 Å². The van der Waals surface area contributed by atoms with Gasteiger partial charge in [-0.25, -0.2) is 0 Å². The molecule has 0 saturated heterocycles. The first kappa shape index (κ1) is 20.2. The van der Waals surface area contributed by atoms with Gasteiger partial charge in [-0.1, -0.05) is 59.8 Å². The van der Waals surface area contributed by atoms with E-state index in [1.54, 1.807) is 11.8 Å². The van der Waals surface area contributed by atoms with E-state index in [-0.39, 0.29) is 5.57 Å². The van der Waals surface area contributed by atoms with Crippen LogP contribution < -0.4 is 10.6 Å². The number of anilines is 2. The maximum Gasteiger partial charge on any atom is 0.267 e. The molecule has 1 amide bonds. The second kappa shape index (κ2) is 9.63. The summed E-state index contributed by atoms with van der Waals surface area (Å²) >= 11 is 1.61. The minimum atomic E-state index is -0.444. The third kappa shape index (κ3) is 5.50. The highest BCUT2D eigenvalue weighted by atomic mass is 32.2. The van der Waals surface area contributed by atoms with Crippen molar-refractivity contribution >= 4 is 29.0 Å². The molecule has 0 heterocycles. The Labute approximate surface area is 175 Å². The topological polar surface area (TPSA) is 64.9 Å². The molecule has 0 spiro atoms. The Hall–Kier alpha value is -3.49. The van der Waals surface area contributed by atoms with Crippen LogP contribution in [0.2, 0.25) is 0 Å². The Morgan fingerprint density at radius 1 is 0.966 bits per heavy atom. The fraction of sp³-hybridized carbons (Fsp3) is 0.0833. The van der Waals surface area contributed by atoms with E-state index in [1.165, 1.54) is 6.20 Å². The number of nitrogens with zero attached hydrogens (tertiary/aromatic N) is 1. The number of carbonyl (C=O) groups is 1. The standard InChI is InChI=1S/C24H21N3OS/c1-17-12-13-21(18(2)14-17)27-24(28)19(15-25)16-26-22-10-6-7-11-23(22)29-20-8-4-3-5-9-20/h3-14,16,26H,1-2H3,(H,27,28)/b19-16-. The molecule has 3 rings (SSSR count). The average Bonchev–Trinajstić information content (AvgIpc) is 2.72. The highest BCUT2D eigenvalue weighted by Crippen LogP contribution is 2.33. The van der Waals surface area contributed by atoms with Crippen LogP contribution in [-0.4, -0.2) is 5.91 Å². The van der Waals surface area contributed by atoms with Gasteiger partial charge in [-0.2, -0.15) is 5.26 Å². The molecule has 0 fully saturated rings. The van der Waals surface area contributed by atoms with Crippen LogP contribution in [0.3, 0.4) is 0 Å². The van der Waals surface area contributed by atoms with Crippen molar-refractivity contribution in [2.45, 2.75) is 23.6 Å². The van der Waals surface area contributed by atoms with Crippen LogP contribution in [-0.2, 0) is 4.79 Å². The predicted octanol–water partition coefficient (Wildman–Crippen LogP) is 5.91. The Balaban J connectivity index is 1.75. The summed E-state index contributed by atoms with van der Waals surface area (Å²) in [6.07, 6.45) is 1.45. The number of amides is 1. The number of hydrogen-bond acceptors (Lipinski definition) is 4. The molecule has 0 aromatic heterocycles. The molecule has 0 aliphatic carbocycles. The van der Waals surface area contributed by atoms with Crippen molar-refractivity contribution < 1.29 is 4.79 Å². The molecule has 29 heavy (non-hydrogen) atoms. The van der Waals surface area contributed by atoms with Crippen molar-refractivity contribution in [3.8, 4) is 6.07 Å². The van der Waals surface area contributed by atoms with E-state index in [0.717, 1.165) is 26.6 Å². The van der Waals surface area contributed by atoms with Crippen LogP contribution >= 0.6 is 11.8 Å².